The number of carbonyl (C=O) groups excluding carboxylic acids is 2. The number of nitrogens with one attached hydrogen (secondary N) is 1. The summed E-state index contributed by atoms with van der Waals surface area (Å²) in [7, 11) is 0. The van der Waals surface area contributed by atoms with E-state index in [2.05, 4.69) is 10.2 Å². The Bertz CT molecular complexity index is 928. The molecule has 1 amide bonds. The first-order chi connectivity index (χ1) is 14.5. The molecule has 1 N–H and O–H groups in total. The summed E-state index contributed by atoms with van der Waals surface area (Å²) in [6, 6.07) is 11.4. The maximum absolute atomic E-state index is 12.9. The van der Waals surface area contributed by atoms with E-state index in [0.29, 0.717) is 36.8 Å². The van der Waals surface area contributed by atoms with Crippen molar-refractivity contribution in [3.05, 3.63) is 53.1 Å². The van der Waals surface area contributed by atoms with Gasteiger partial charge in [-0.2, -0.15) is 0 Å². The summed E-state index contributed by atoms with van der Waals surface area (Å²) in [6.45, 7) is 6.86. The molecule has 0 aliphatic carbocycles. The average molecular weight is 408 g/mol. The summed E-state index contributed by atoms with van der Waals surface area (Å²) in [5.74, 6) is 1.45. The summed E-state index contributed by atoms with van der Waals surface area (Å²) in [6.07, 6.45) is 1.51. The number of likely N-dealkylation sites (tertiary alicyclic amines) is 1. The van der Waals surface area contributed by atoms with Gasteiger partial charge in [-0.05, 0) is 69.1 Å². The molecule has 1 saturated heterocycles. The van der Waals surface area contributed by atoms with E-state index in [0.717, 1.165) is 42.7 Å². The lowest BCUT2D eigenvalue weighted by molar-refractivity contribution is -0.117. The number of nitrogens with zero attached hydrogens (tertiary/aromatic N) is 1. The fourth-order valence-corrected chi connectivity index (χ4v) is 4.18. The molecule has 158 valence electrons. The number of hydrogen-bond donors (Lipinski definition) is 1. The van der Waals surface area contributed by atoms with Crippen LogP contribution in [0.4, 0.5) is 5.69 Å². The van der Waals surface area contributed by atoms with Gasteiger partial charge < -0.3 is 14.8 Å². The van der Waals surface area contributed by atoms with Gasteiger partial charge >= 0.3 is 0 Å². The topological polar surface area (TPSA) is 67.9 Å². The van der Waals surface area contributed by atoms with Crippen molar-refractivity contribution in [3.63, 3.8) is 0 Å². The van der Waals surface area contributed by atoms with Crippen LogP contribution in [0.25, 0.3) is 0 Å². The van der Waals surface area contributed by atoms with Crippen LogP contribution in [0.2, 0.25) is 0 Å². The first-order valence-electron chi connectivity index (χ1n) is 10.5. The summed E-state index contributed by atoms with van der Waals surface area (Å²) < 4.78 is 11.1. The molecule has 2 aliphatic rings. The maximum atomic E-state index is 12.9. The number of piperidine rings is 1. The van der Waals surface area contributed by atoms with Crippen LogP contribution in [0, 0.1) is 19.8 Å². The van der Waals surface area contributed by atoms with E-state index in [-0.39, 0.29) is 17.6 Å². The Hall–Kier alpha value is -2.86. The van der Waals surface area contributed by atoms with Crippen LogP contribution in [-0.4, -0.2) is 49.4 Å². The number of para-hydroxylation sites is 1. The third kappa shape index (κ3) is 4.49. The first-order valence-corrected chi connectivity index (χ1v) is 10.5. The minimum absolute atomic E-state index is 0.0102. The summed E-state index contributed by atoms with van der Waals surface area (Å²) in [5, 5.41) is 3.04. The van der Waals surface area contributed by atoms with Crippen LogP contribution >= 0.6 is 0 Å². The molecule has 2 aromatic rings. The van der Waals surface area contributed by atoms with E-state index in [4.69, 9.17) is 9.47 Å². The van der Waals surface area contributed by atoms with Crippen LogP contribution in [0.1, 0.15) is 34.3 Å². The summed E-state index contributed by atoms with van der Waals surface area (Å²) in [5.41, 5.74) is 3.69. The zero-order chi connectivity index (χ0) is 21.1. The Morgan fingerprint density at radius 3 is 2.37 bits per heavy atom. The lowest BCUT2D eigenvalue weighted by atomic mass is 9.88. The van der Waals surface area contributed by atoms with Crippen molar-refractivity contribution in [1.29, 1.82) is 0 Å². The molecule has 2 aliphatic heterocycles. The predicted molar refractivity (Wildman–Crippen MR) is 115 cm³/mol. The van der Waals surface area contributed by atoms with Gasteiger partial charge in [0.05, 0.1) is 6.54 Å². The highest BCUT2D eigenvalue weighted by Gasteiger charge is 2.27. The Morgan fingerprint density at radius 2 is 1.67 bits per heavy atom. The molecule has 2 heterocycles. The van der Waals surface area contributed by atoms with Crippen molar-refractivity contribution < 1.29 is 19.1 Å². The molecule has 30 heavy (non-hydrogen) atoms. The quantitative estimate of drug-likeness (QED) is 0.766. The van der Waals surface area contributed by atoms with Crippen LogP contribution in [0.15, 0.2) is 36.4 Å². The SMILES string of the molecule is Cc1cccc(C)c1NC(=O)CN1CCC(C(=O)c2ccc3c(c2)OCCO3)CC1. The van der Waals surface area contributed by atoms with E-state index in [1.807, 2.05) is 44.2 Å². The smallest absolute Gasteiger partial charge is 0.238 e. The third-order valence-corrected chi connectivity index (χ3v) is 5.90. The molecule has 4 rings (SSSR count). The zero-order valence-corrected chi connectivity index (χ0v) is 17.6. The highest BCUT2D eigenvalue weighted by Crippen LogP contribution is 2.32. The van der Waals surface area contributed by atoms with Crippen molar-refractivity contribution in [1.82, 2.24) is 4.90 Å². The number of fused-ring (bicyclic) bond motifs is 1. The average Bonchev–Trinajstić information content (AvgIpc) is 2.76. The number of ketones is 1. The van der Waals surface area contributed by atoms with Crippen molar-refractivity contribution in [2.75, 3.05) is 38.2 Å². The van der Waals surface area contributed by atoms with Gasteiger partial charge in [-0.15, -0.1) is 0 Å². The lowest BCUT2D eigenvalue weighted by Crippen LogP contribution is -2.40. The van der Waals surface area contributed by atoms with Crippen molar-refractivity contribution in [3.8, 4) is 11.5 Å². The summed E-state index contributed by atoms with van der Waals surface area (Å²) in [4.78, 5) is 27.6. The number of anilines is 1. The number of rotatable bonds is 5. The fourth-order valence-electron chi connectivity index (χ4n) is 4.18. The second kappa shape index (κ2) is 8.88. The number of benzene rings is 2. The van der Waals surface area contributed by atoms with E-state index in [9.17, 15) is 9.59 Å². The minimum Gasteiger partial charge on any atom is -0.486 e. The molecule has 1 fully saturated rings. The number of aryl methyl sites for hydroxylation is 2. The molecule has 0 atom stereocenters. The van der Waals surface area contributed by atoms with Gasteiger partial charge in [0.1, 0.15) is 13.2 Å². The normalized spacial score (nSPS) is 16.9. The van der Waals surface area contributed by atoms with E-state index in [1.165, 1.54) is 0 Å². The van der Waals surface area contributed by atoms with Crippen LogP contribution in [0.3, 0.4) is 0 Å². The number of hydrogen-bond acceptors (Lipinski definition) is 5. The molecule has 0 radical (unpaired) electrons. The predicted octanol–water partition coefficient (Wildman–Crippen LogP) is 3.61. The number of carbonyl (C=O) groups is 2. The molecule has 0 aromatic heterocycles. The van der Waals surface area contributed by atoms with Crippen molar-refractivity contribution in [2.45, 2.75) is 26.7 Å². The number of amides is 1. The fraction of sp³-hybridized carbons (Fsp3) is 0.417. The second-order valence-corrected chi connectivity index (χ2v) is 8.09. The monoisotopic (exact) mass is 408 g/mol. The van der Waals surface area contributed by atoms with Gasteiger partial charge in [0, 0.05) is 17.2 Å². The zero-order valence-electron chi connectivity index (χ0n) is 17.6. The standard InChI is InChI=1S/C24H28N2O4/c1-16-4-3-5-17(2)23(16)25-22(27)15-26-10-8-18(9-11-26)24(28)19-6-7-20-21(14-19)30-13-12-29-20/h3-7,14,18H,8-13,15H2,1-2H3,(H,25,27). The second-order valence-electron chi connectivity index (χ2n) is 8.09. The maximum Gasteiger partial charge on any atom is 0.238 e. The molecule has 0 bridgehead atoms. The molecule has 0 spiro atoms. The molecular formula is C24H28N2O4. The largest absolute Gasteiger partial charge is 0.486 e. The van der Waals surface area contributed by atoms with Crippen molar-refractivity contribution >= 4 is 17.4 Å². The first kappa shape index (κ1) is 20.4. The van der Waals surface area contributed by atoms with Gasteiger partial charge in [0.2, 0.25) is 5.91 Å². The molecular weight excluding hydrogens is 380 g/mol. The third-order valence-electron chi connectivity index (χ3n) is 5.90. The molecule has 0 saturated carbocycles. The van der Waals surface area contributed by atoms with E-state index >= 15 is 0 Å². The van der Waals surface area contributed by atoms with Crippen molar-refractivity contribution in [2.24, 2.45) is 5.92 Å². The number of ether oxygens (including phenoxy) is 2. The summed E-state index contributed by atoms with van der Waals surface area (Å²) >= 11 is 0. The van der Waals surface area contributed by atoms with Gasteiger partial charge in [0.15, 0.2) is 17.3 Å². The Kier molecular flexibility index (Phi) is 6.04. The van der Waals surface area contributed by atoms with Crippen LogP contribution in [-0.2, 0) is 4.79 Å². The lowest BCUT2D eigenvalue weighted by Gasteiger charge is -2.31. The van der Waals surface area contributed by atoms with Gasteiger partial charge in [-0.1, -0.05) is 18.2 Å². The van der Waals surface area contributed by atoms with Crippen LogP contribution < -0.4 is 14.8 Å². The highest BCUT2D eigenvalue weighted by molar-refractivity contribution is 5.98. The van der Waals surface area contributed by atoms with Gasteiger partial charge in [-0.25, -0.2) is 0 Å². The molecule has 6 heteroatoms. The van der Waals surface area contributed by atoms with E-state index < -0.39 is 0 Å². The number of Topliss-reactive ketones (excluding diaryl/α,β-unsaturated/α-hetero) is 1. The molecule has 2 aromatic carbocycles. The van der Waals surface area contributed by atoms with E-state index in [1.54, 1.807) is 6.07 Å². The Morgan fingerprint density at radius 1 is 1.00 bits per heavy atom. The Labute approximate surface area is 177 Å². The van der Waals surface area contributed by atoms with Gasteiger partial charge in [0.25, 0.3) is 0 Å². The Balaban J connectivity index is 1.30. The van der Waals surface area contributed by atoms with Crippen LogP contribution in [0.5, 0.6) is 11.5 Å². The highest BCUT2D eigenvalue weighted by atomic mass is 16.6. The van der Waals surface area contributed by atoms with Gasteiger partial charge in [-0.3, -0.25) is 14.5 Å². The molecule has 0 unspecified atom stereocenters. The molecule has 6 nitrogen and oxygen atoms in total. The minimum atomic E-state index is -0.0227.